The first-order valence-electron chi connectivity index (χ1n) is 7.07. The number of amides is 1. The maximum atomic E-state index is 12.7. The van der Waals surface area contributed by atoms with Gasteiger partial charge in [-0.2, -0.15) is 5.26 Å². The lowest BCUT2D eigenvalue weighted by molar-refractivity contribution is 0.0710. The molecule has 1 heterocycles. The highest BCUT2D eigenvalue weighted by Gasteiger charge is 2.20. The van der Waals surface area contributed by atoms with Gasteiger partial charge < -0.3 is 10.3 Å². The standard InChI is InChI=1S/C15H23N5O/c1-10(2)13-8-12(9-14(18-13)19-17)15(21)20(11(3)4)7-5-6-16/h8-11H,5,7,17H2,1-4H3,(H,18,19). The summed E-state index contributed by atoms with van der Waals surface area (Å²) in [5.41, 5.74) is 3.83. The number of pyridine rings is 1. The van der Waals surface area contributed by atoms with Crippen molar-refractivity contribution in [1.29, 1.82) is 5.26 Å². The predicted molar refractivity (Wildman–Crippen MR) is 82.5 cm³/mol. The van der Waals surface area contributed by atoms with E-state index in [2.05, 4.69) is 16.5 Å². The molecule has 114 valence electrons. The number of nitrogens with zero attached hydrogens (tertiary/aromatic N) is 3. The van der Waals surface area contributed by atoms with Crippen LogP contribution >= 0.6 is 0 Å². The summed E-state index contributed by atoms with van der Waals surface area (Å²) >= 11 is 0. The molecule has 6 nitrogen and oxygen atoms in total. The average molecular weight is 289 g/mol. The first kappa shape index (κ1) is 16.9. The van der Waals surface area contributed by atoms with Crippen LogP contribution in [0.3, 0.4) is 0 Å². The Kier molecular flexibility index (Phi) is 6.12. The van der Waals surface area contributed by atoms with Crippen LogP contribution in [0.15, 0.2) is 12.1 Å². The molecule has 1 aromatic rings. The SMILES string of the molecule is CC(C)c1cc(C(=O)N(CCC#N)C(C)C)cc(NN)n1. The van der Waals surface area contributed by atoms with Crippen molar-refractivity contribution >= 4 is 11.7 Å². The molecular weight excluding hydrogens is 266 g/mol. The van der Waals surface area contributed by atoms with Gasteiger partial charge in [0.05, 0.1) is 12.5 Å². The third kappa shape index (κ3) is 4.43. The molecule has 21 heavy (non-hydrogen) atoms. The zero-order chi connectivity index (χ0) is 16.0. The largest absolute Gasteiger partial charge is 0.335 e. The molecule has 0 saturated carbocycles. The fourth-order valence-electron chi connectivity index (χ4n) is 1.98. The first-order chi connectivity index (χ1) is 9.90. The van der Waals surface area contributed by atoms with Crippen molar-refractivity contribution in [2.24, 2.45) is 5.84 Å². The Balaban J connectivity index is 3.14. The highest BCUT2D eigenvalue weighted by atomic mass is 16.2. The second-order valence-electron chi connectivity index (χ2n) is 5.47. The number of rotatable bonds is 6. The van der Waals surface area contributed by atoms with Gasteiger partial charge in [0.25, 0.3) is 5.91 Å². The van der Waals surface area contributed by atoms with Crippen molar-refractivity contribution < 1.29 is 4.79 Å². The number of nitriles is 1. The molecule has 1 rings (SSSR count). The van der Waals surface area contributed by atoms with E-state index in [1.54, 1.807) is 17.0 Å². The topological polar surface area (TPSA) is 95.0 Å². The monoisotopic (exact) mass is 289 g/mol. The van der Waals surface area contributed by atoms with Crippen LogP contribution in [0.1, 0.15) is 56.1 Å². The third-order valence-corrected chi connectivity index (χ3v) is 3.18. The summed E-state index contributed by atoms with van der Waals surface area (Å²) in [5.74, 6) is 5.97. The molecule has 0 radical (unpaired) electrons. The van der Waals surface area contributed by atoms with E-state index in [1.165, 1.54) is 0 Å². The second kappa shape index (κ2) is 7.60. The third-order valence-electron chi connectivity index (χ3n) is 3.18. The maximum absolute atomic E-state index is 12.7. The van der Waals surface area contributed by atoms with Gasteiger partial charge in [0.15, 0.2) is 0 Å². The minimum absolute atomic E-state index is 0.0239. The predicted octanol–water partition coefficient (Wildman–Crippen LogP) is 2.25. The molecule has 0 aliphatic carbocycles. The van der Waals surface area contributed by atoms with Crippen LogP contribution in [0.5, 0.6) is 0 Å². The van der Waals surface area contributed by atoms with E-state index in [4.69, 9.17) is 11.1 Å². The van der Waals surface area contributed by atoms with Crippen molar-refractivity contribution in [3.05, 3.63) is 23.4 Å². The van der Waals surface area contributed by atoms with Crippen LogP contribution < -0.4 is 11.3 Å². The van der Waals surface area contributed by atoms with Crippen molar-refractivity contribution in [3.8, 4) is 6.07 Å². The van der Waals surface area contributed by atoms with Crippen molar-refractivity contribution in [3.63, 3.8) is 0 Å². The van der Waals surface area contributed by atoms with Gasteiger partial charge in [0, 0.05) is 23.8 Å². The number of nitrogens with two attached hydrogens (primary N) is 1. The molecule has 0 unspecified atom stereocenters. The number of hydrogen-bond donors (Lipinski definition) is 2. The Hall–Kier alpha value is -2.13. The number of hydrogen-bond acceptors (Lipinski definition) is 5. The summed E-state index contributed by atoms with van der Waals surface area (Å²) in [6.07, 6.45) is 0.314. The van der Waals surface area contributed by atoms with E-state index in [0.717, 1.165) is 5.69 Å². The number of nitrogens with one attached hydrogen (secondary N) is 1. The van der Waals surface area contributed by atoms with Gasteiger partial charge >= 0.3 is 0 Å². The minimum atomic E-state index is -0.110. The number of carbonyl (C=O) groups is 1. The summed E-state index contributed by atoms with van der Waals surface area (Å²) < 4.78 is 0. The smallest absolute Gasteiger partial charge is 0.254 e. The molecule has 0 saturated heterocycles. The normalized spacial score (nSPS) is 10.6. The molecule has 0 bridgehead atoms. The van der Waals surface area contributed by atoms with E-state index < -0.39 is 0 Å². The lowest BCUT2D eigenvalue weighted by Gasteiger charge is -2.26. The van der Waals surface area contributed by atoms with Gasteiger partial charge in [-0.1, -0.05) is 13.8 Å². The van der Waals surface area contributed by atoms with Crippen LogP contribution in [0.2, 0.25) is 0 Å². The Labute approximate surface area is 125 Å². The Morgan fingerprint density at radius 2 is 2.10 bits per heavy atom. The van der Waals surface area contributed by atoms with Crippen LogP contribution in [0.4, 0.5) is 5.82 Å². The van der Waals surface area contributed by atoms with Crippen LogP contribution in [0, 0.1) is 11.3 Å². The molecular formula is C15H23N5O. The van der Waals surface area contributed by atoms with Gasteiger partial charge in [-0.25, -0.2) is 10.8 Å². The van der Waals surface area contributed by atoms with Crippen LogP contribution in [0.25, 0.3) is 0 Å². The molecule has 0 fully saturated rings. The molecule has 0 aliphatic rings. The lowest BCUT2D eigenvalue weighted by atomic mass is 10.1. The highest BCUT2D eigenvalue weighted by Crippen LogP contribution is 2.19. The minimum Gasteiger partial charge on any atom is -0.335 e. The first-order valence-corrected chi connectivity index (χ1v) is 7.07. The summed E-state index contributed by atoms with van der Waals surface area (Å²) in [4.78, 5) is 18.7. The Morgan fingerprint density at radius 1 is 1.43 bits per heavy atom. The molecule has 6 heteroatoms. The van der Waals surface area contributed by atoms with Crippen molar-refractivity contribution in [1.82, 2.24) is 9.88 Å². The van der Waals surface area contributed by atoms with E-state index in [1.807, 2.05) is 27.7 Å². The molecule has 1 amide bonds. The zero-order valence-electron chi connectivity index (χ0n) is 13.1. The van der Waals surface area contributed by atoms with E-state index in [0.29, 0.717) is 24.3 Å². The van der Waals surface area contributed by atoms with Gasteiger partial charge in [0.2, 0.25) is 0 Å². The molecule has 0 spiro atoms. The quantitative estimate of drug-likeness (QED) is 0.618. The molecule has 0 aromatic carbocycles. The summed E-state index contributed by atoms with van der Waals surface area (Å²) in [7, 11) is 0. The van der Waals surface area contributed by atoms with Crippen molar-refractivity contribution in [2.75, 3.05) is 12.0 Å². The van der Waals surface area contributed by atoms with Crippen LogP contribution in [-0.4, -0.2) is 28.4 Å². The number of carbonyl (C=O) groups excluding carboxylic acids is 1. The van der Waals surface area contributed by atoms with Crippen LogP contribution in [-0.2, 0) is 0 Å². The molecule has 0 aliphatic heterocycles. The van der Waals surface area contributed by atoms with Gasteiger partial charge in [0.1, 0.15) is 5.82 Å². The fraction of sp³-hybridized carbons (Fsp3) is 0.533. The van der Waals surface area contributed by atoms with Gasteiger partial charge in [-0.3, -0.25) is 4.79 Å². The number of anilines is 1. The number of nitrogen functional groups attached to an aromatic ring is 1. The fourth-order valence-corrected chi connectivity index (χ4v) is 1.98. The summed E-state index contributed by atoms with van der Waals surface area (Å²) in [6, 6.07) is 5.52. The Morgan fingerprint density at radius 3 is 2.57 bits per heavy atom. The molecule has 3 N–H and O–H groups in total. The molecule has 1 aromatic heterocycles. The highest BCUT2D eigenvalue weighted by molar-refractivity contribution is 5.95. The van der Waals surface area contributed by atoms with Gasteiger partial charge in [-0.05, 0) is 31.9 Å². The maximum Gasteiger partial charge on any atom is 0.254 e. The Bertz CT molecular complexity index is 533. The number of aromatic nitrogens is 1. The van der Waals surface area contributed by atoms with E-state index in [9.17, 15) is 4.79 Å². The lowest BCUT2D eigenvalue weighted by Crippen LogP contribution is -2.37. The summed E-state index contributed by atoms with van der Waals surface area (Å²) in [6.45, 7) is 8.29. The second-order valence-corrected chi connectivity index (χ2v) is 5.47. The van der Waals surface area contributed by atoms with E-state index >= 15 is 0 Å². The van der Waals surface area contributed by atoms with Crippen molar-refractivity contribution in [2.45, 2.75) is 46.1 Å². The number of hydrazine groups is 1. The molecule has 0 atom stereocenters. The van der Waals surface area contributed by atoms with E-state index in [-0.39, 0.29) is 17.9 Å². The average Bonchev–Trinajstić information content (AvgIpc) is 2.46. The van der Waals surface area contributed by atoms with Gasteiger partial charge in [-0.15, -0.1) is 0 Å². The summed E-state index contributed by atoms with van der Waals surface area (Å²) in [5, 5.41) is 8.72. The zero-order valence-corrected chi connectivity index (χ0v) is 13.1.